The van der Waals surface area contributed by atoms with Crippen LogP contribution in [0.2, 0.25) is 0 Å². The second-order valence-electron chi connectivity index (χ2n) is 3.95. The highest BCUT2D eigenvalue weighted by atomic mass is 16.5. The third-order valence-electron chi connectivity index (χ3n) is 2.05. The first kappa shape index (κ1) is 13.4. The van der Waals surface area contributed by atoms with Gasteiger partial charge < -0.3 is 10.1 Å². The van der Waals surface area contributed by atoms with E-state index in [1.54, 1.807) is 12.3 Å². The van der Waals surface area contributed by atoms with Gasteiger partial charge in [0.1, 0.15) is 0 Å². The van der Waals surface area contributed by atoms with E-state index < -0.39 is 0 Å². The minimum Gasteiger partial charge on any atom is -0.375 e. The molecule has 0 aliphatic carbocycles. The van der Waals surface area contributed by atoms with Crippen LogP contribution < -0.4 is 5.32 Å². The predicted molar refractivity (Wildman–Crippen MR) is 66.9 cm³/mol. The van der Waals surface area contributed by atoms with Crippen LogP contribution in [0.3, 0.4) is 0 Å². The maximum atomic E-state index is 11.6. The number of carbonyl (C=O) groups is 1. The Labute approximate surface area is 102 Å². The lowest BCUT2D eigenvalue weighted by atomic mass is 10.2. The summed E-state index contributed by atoms with van der Waals surface area (Å²) in [5, 5.41) is 2.76. The maximum Gasteiger partial charge on any atom is 0.252 e. The molecule has 4 heteroatoms. The molecule has 0 fully saturated rings. The van der Waals surface area contributed by atoms with Gasteiger partial charge in [-0.3, -0.25) is 9.78 Å². The van der Waals surface area contributed by atoms with Gasteiger partial charge in [-0.05, 0) is 26.0 Å². The molecule has 1 rings (SSSR count). The molecule has 1 heterocycles. The quantitative estimate of drug-likeness (QED) is 0.602. The fourth-order valence-corrected chi connectivity index (χ4v) is 1.19. The molecule has 1 aromatic heterocycles. The highest BCUT2D eigenvalue weighted by Crippen LogP contribution is 1.98. The van der Waals surface area contributed by atoms with Gasteiger partial charge in [-0.15, -0.1) is 0 Å². The molecule has 1 N–H and O–H groups in total. The Kier molecular flexibility index (Phi) is 5.36. The topological polar surface area (TPSA) is 51.2 Å². The van der Waals surface area contributed by atoms with Crippen molar-refractivity contribution >= 4 is 5.91 Å². The molecule has 0 bridgehead atoms. The highest BCUT2D eigenvalue weighted by molar-refractivity contribution is 5.93. The van der Waals surface area contributed by atoms with Gasteiger partial charge in [-0.25, -0.2) is 0 Å². The Morgan fingerprint density at radius 1 is 1.53 bits per heavy atom. The first-order valence-electron chi connectivity index (χ1n) is 5.52. The zero-order valence-corrected chi connectivity index (χ0v) is 10.3. The summed E-state index contributed by atoms with van der Waals surface area (Å²) in [5.41, 5.74) is 2.43. The average molecular weight is 234 g/mol. The molecule has 0 aliphatic heterocycles. The largest absolute Gasteiger partial charge is 0.375 e. The summed E-state index contributed by atoms with van der Waals surface area (Å²) in [4.78, 5) is 15.7. The molecule has 17 heavy (non-hydrogen) atoms. The summed E-state index contributed by atoms with van der Waals surface area (Å²) >= 11 is 0. The van der Waals surface area contributed by atoms with Crippen LogP contribution in [0.5, 0.6) is 0 Å². The lowest BCUT2D eigenvalue weighted by molar-refractivity contribution is 0.0926. The van der Waals surface area contributed by atoms with Gasteiger partial charge in [-0.2, -0.15) is 0 Å². The summed E-state index contributed by atoms with van der Waals surface area (Å²) in [6.07, 6.45) is 1.57. The van der Waals surface area contributed by atoms with Crippen LogP contribution in [0.25, 0.3) is 0 Å². The van der Waals surface area contributed by atoms with Gasteiger partial charge in [-0.1, -0.05) is 12.2 Å². The van der Waals surface area contributed by atoms with E-state index >= 15 is 0 Å². The Hall–Kier alpha value is -1.68. The standard InChI is InChI=1S/C13H18N2O2/c1-10(2)9-17-7-6-14-13(16)12-5-4-11(3)15-8-12/h4-5,8H,1,6-7,9H2,2-3H3,(H,14,16). The van der Waals surface area contributed by atoms with Crippen LogP contribution in [0, 0.1) is 6.92 Å². The van der Waals surface area contributed by atoms with Crippen molar-refractivity contribution < 1.29 is 9.53 Å². The molecule has 1 aromatic rings. The number of ether oxygens (including phenoxy) is 1. The van der Waals surface area contributed by atoms with E-state index in [-0.39, 0.29) is 5.91 Å². The van der Waals surface area contributed by atoms with E-state index in [2.05, 4.69) is 16.9 Å². The molecule has 0 atom stereocenters. The van der Waals surface area contributed by atoms with E-state index in [1.165, 1.54) is 0 Å². The van der Waals surface area contributed by atoms with Crippen molar-refractivity contribution in [1.82, 2.24) is 10.3 Å². The van der Waals surface area contributed by atoms with Crippen LogP contribution in [-0.4, -0.2) is 30.6 Å². The minimum absolute atomic E-state index is 0.128. The van der Waals surface area contributed by atoms with Crippen molar-refractivity contribution in [2.24, 2.45) is 0 Å². The molecule has 0 saturated carbocycles. The Balaban J connectivity index is 2.25. The normalized spacial score (nSPS) is 10.0. The van der Waals surface area contributed by atoms with E-state index in [0.29, 0.717) is 25.3 Å². The first-order chi connectivity index (χ1) is 8.09. The number of carbonyl (C=O) groups excluding carboxylic acids is 1. The molecule has 4 nitrogen and oxygen atoms in total. The molecule has 0 aromatic carbocycles. The van der Waals surface area contributed by atoms with Gasteiger partial charge in [0.25, 0.3) is 5.91 Å². The number of aryl methyl sites for hydroxylation is 1. The van der Waals surface area contributed by atoms with Gasteiger partial charge >= 0.3 is 0 Å². The summed E-state index contributed by atoms with van der Waals surface area (Å²) in [6.45, 7) is 9.00. The molecular formula is C13H18N2O2. The first-order valence-corrected chi connectivity index (χ1v) is 5.52. The second-order valence-corrected chi connectivity index (χ2v) is 3.95. The lowest BCUT2D eigenvalue weighted by Crippen LogP contribution is -2.27. The number of hydrogen-bond acceptors (Lipinski definition) is 3. The Morgan fingerprint density at radius 2 is 2.29 bits per heavy atom. The van der Waals surface area contributed by atoms with E-state index in [0.717, 1.165) is 11.3 Å². The van der Waals surface area contributed by atoms with Gasteiger partial charge in [0, 0.05) is 18.4 Å². The average Bonchev–Trinajstić information content (AvgIpc) is 2.29. The highest BCUT2D eigenvalue weighted by Gasteiger charge is 2.04. The smallest absolute Gasteiger partial charge is 0.252 e. The number of aromatic nitrogens is 1. The monoisotopic (exact) mass is 234 g/mol. The number of nitrogens with zero attached hydrogens (tertiary/aromatic N) is 1. The van der Waals surface area contributed by atoms with Gasteiger partial charge in [0.15, 0.2) is 0 Å². The lowest BCUT2D eigenvalue weighted by Gasteiger charge is -2.06. The van der Waals surface area contributed by atoms with Crippen LogP contribution in [-0.2, 0) is 4.74 Å². The molecule has 92 valence electrons. The molecule has 0 radical (unpaired) electrons. The zero-order chi connectivity index (χ0) is 12.7. The molecule has 0 aliphatic rings. The number of pyridine rings is 1. The van der Waals surface area contributed by atoms with Crippen molar-refractivity contribution in [1.29, 1.82) is 0 Å². The van der Waals surface area contributed by atoms with Crippen LogP contribution in [0.1, 0.15) is 23.0 Å². The number of hydrogen-bond donors (Lipinski definition) is 1. The number of amides is 1. The van der Waals surface area contributed by atoms with Gasteiger partial charge in [0.2, 0.25) is 0 Å². The number of rotatable bonds is 6. The van der Waals surface area contributed by atoms with Crippen LogP contribution >= 0.6 is 0 Å². The fraction of sp³-hybridized carbons (Fsp3) is 0.385. The van der Waals surface area contributed by atoms with Crippen molar-refractivity contribution in [3.8, 4) is 0 Å². The Bertz CT molecular complexity index is 385. The van der Waals surface area contributed by atoms with Crippen molar-refractivity contribution in [2.75, 3.05) is 19.8 Å². The third kappa shape index (κ3) is 5.26. The van der Waals surface area contributed by atoms with E-state index in [4.69, 9.17) is 4.74 Å². The van der Waals surface area contributed by atoms with Crippen molar-refractivity contribution in [3.05, 3.63) is 41.7 Å². The molecule has 1 amide bonds. The predicted octanol–water partition coefficient (Wildman–Crippen LogP) is 1.71. The summed E-state index contributed by atoms with van der Waals surface area (Å²) in [5.74, 6) is -0.128. The molecule has 0 spiro atoms. The Morgan fingerprint density at radius 3 is 2.88 bits per heavy atom. The van der Waals surface area contributed by atoms with Crippen molar-refractivity contribution in [3.63, 3.8) is 0 Å². The van der Waals surface area contributed by atoms with Crippen molar-refractivity contribution in [2.45, 2.75) is 13.8 Å². The minimum atomic E-state index is -0.128. The van der Waals surface area contributed by atoms with Crippen LogP contribution in [0.15, 0.2) is 30.5 Å². The van der Waals surface area contributed by atoms with E-state index in [9.17, 15) is 4.79 Å². The molecular weight excluding hydrogens is 216 g/mol. The fourth-order valence-electron chi connectivity index (χ4n) is 1.19. The molecule has 0 saturated heterocycles. The maximum absolute atomic E-state index is 11.6. The summed E-state index contributed by atoms with van der Waals surface area (Å²) in [6, 6.07) is 3.57. The second kappa shape index (κ2) is 6.81. The van der Waals surface area contributed by atoms with Gasteiger partial charge in [0.05, 0.1) is 18.8 Å². The zero-order valence-electron chi connectivity index (χ0n) is 10.3. The van der Waals surface area contributed by atoms with Crippen LogP contribution in [0.4, 0.5) is 0 Å². The van der Waals surface area contributed by atoms with E-state index in [1.807, 2.05) is 19.9 Å². The summed E-state index contributed by atoms with van der Waals surface area (Å²) in [7, 11) is 0. The number of nitrogens with one attached hydrogen (secondary N) is 1. The SMILES string of the molecule is C=C(C)COCCNC(=O)c1ccc(C)nc1. The third-order valence-corrected chi connectivity index (χ3v) is 2.05. The summed E-state index contributed by atoms with van der Waals surface area (Å²) < 4.78 is 5.27. The molecule has 0 unspecified atom stereocenters.